The first-order chi connectivity index (χ1) is 12.3. The van der Waals surface area contributed by atoms with E-state index in [1.165, 1.54) is 17.6 Å². The number of rotatable bonds is 9. The van der Waals surface area contributed by atoms with Crippen LogP contribution in [0.25, 0.3) is 0 Å². The highest BCUT2D eigenvalue weighted by molar-refractivity contribution is 7.80. The summed E-state index contributed by atoms with van der Waals surface area (Å²) in [6.07, 6.45) is 0. The average Bonchev–Trinajstić information content (AvgIpc) is 3.09. The van der Waals surface area contributed by atoms with Crippen molar-refractivity contribution in [1.29, 1.82) is 0 Å². The van der Waals surface area contributed by atoms with Crippen LogP contribution in [0.1, 0.15) is 6.92 Å². The van der Waals surface area contributed by atoms with Crippen molar-refractivity contribution in [3.63, 3.8) is 0 Å². The van der Waals surface area contributed by atoms with Gasteiger partial charge in [-0.25, -0.2) is 8.42 Å². The fourth-order valence-electron chi connectivity index (χ4n) is 1.97. The van der Waals surface area contributed by atoms with Gasteiger partial charge in [0.05, 0.1) is 11.5 Å². The third-order valence-electron chi connectivity index (χ3n) is 3.08. The fourth-order valence-corrected chi connectivity index (χ4v) is 2.62. The number of likely N-dealkylation sites (N-methyl/N-ethyl adjacent to an activating group) is 1. The van der Waals surface area contributed by atoms with E-state index in [4.69, 9.17) is 0 Å². The molecule has 140 valence electrons. The largest absolute Gasteiger partial charge is 0.726 e. The van der Waals surface area contributed by atoms with Gasteiger partial charge >= 0.3 is 0 Å². The van der Waals surface area contributed by atoms with Gasteiger partial charge in [-0.2, -0.15) is 0 Å². The minimum atomic E-state index is -4.79. The monoisotopic (exact) mass is 401 g/mol. The Bertz CT molecular complexity index is 886. The van der Waals surface area contributed by atoms with Crippen molar-refractivity contribution >= 4 is 43.9 Å². The predicted octanol–water partition coefficient (Wildman–Crippen LogP) is 2.16. The molecule has 0 saturated carbocycles. The number of anilines is 1. The zero-order valence-corrected chi connectivity index (χ0v) is 15.0. The van der Waals surface area contributed by atoms with Crippen LogP contribution in [-0.2, 0) is 14.6 Å². The lowest BCUT2D eigenvalue weighted by Gasteiger charge is -2.23. The predicted molar refractivity (Wildman–Crippen MR) is 90.7 cm³/mol. The lowest BCUT2D eigenvalue weighted by molar-refractivity contribution is -0.384. The van der Waals surface area contributed by atoms with Gasteiger partial charge in [0, 0.05) is 24.8 Å². The first-order valence-electron chi connectivity index (χ1n) is 7.11. The number of hydrogen-bond donors (Lipinski definition) is 0. The van der Waals surface area contributed by atoms with E-state index >= 15 is 0 Å². The summed E-state index contributed by atoms with van der Waals surface area (Å²) in [5.74, 6) is 0. The van der Waals surface area contributed by atoms with Crippen molar-refractivity contribution in [3.05, 3.63) is 33.8 Å². The number of aromatic nitrogens is 2. The molecule has 0 spiro atoms. The quantitative estimate of drug-likeness (QED) is 0.201. The second-order valence-corrected chi connectivity index (χ2v) is 6.53. The number of azo groups is 1. The van der Waals surface area contributed by atoms with Crippen molar-refractivity contribution in [2.45, 2.75) is 6.92 Å². The Morgan fingerprint density at radius 1 is 1.38 bits per heavy atom. The Hall–Kier alpha value is -2.55. The van der Waals surface area contributed by atoms with Crippen LogP contribution in [0.3, 0.4) is 0 Å². The summed E-state index contributed by atoms with van der Waals surface area (Å²) in [7, 11) is -4.79. The van der Waals surface area contributed by atoms with Crippen molar-refractivity contribution < 1.29 is 22.1 Å². The summed E-state index contributed by atoms with van der Waals surface area (Å²) in [6, 6.07) is 4.26. The van der Waals surface area contributed by atoms with Crippen LogP contribution in [0.5, 0.6) is 0 Å². The summed E-state index contributed by atoms with van der Waals surface area (Å²) >= 11 is 1.13. The van der Waals surface area contributed by atoms with Gasteiger partial charge in [-0.15, -0.1) is 20.4 Å². The van der Waals surface area contributed by atoms with Gasteiger partial charge in [-0.3, -0.25) is 14.3 Å². The van der Waals surface area contributed by atoms with Crippen LogP contribution in [0.4, 0.5) is 22.2 Å². The van der Waals surface area contributed by atoms with Crippen molar-refractivity contribution in [3.8, 4) is 0 Å². The minimum Gasteiger partial charge on any atom is -0.726 e. The molecular weight excluding hydrogens is 388 g/mol. The van der Waals surface area contributed by atoms with Gasteiger partial charge in [0.1, 0.15) is 5.51 Å². The van der Waals surface area contributed by atoms with E-state index < -0.39 is 15.3 Å². The standard InChI is InChI=1S/C12H14N6O6S2/c1-2-17(5-6-24-26(21,22)23)9-3-4-10(11(7-9)18(19)20)14-16-12-15-13-8-25-12/h3-4,7-8H,2,5-6H2,1H3,(H,21,22,23)/p-1. The Labute approximate surface area is 152 Å². The number of hydrogen-bond acceptors (Lipinski definition) is 12. The van der Waals surface area contributed by atoms with Crippen LogP contribution < -0.4 is 4.90 Å². The molecule has 1 aromatic heterocycles. The number of nitro benzene ring substituents is 1. The Kier molecular flexibility index (Phi) is 6.62. The zero-order chi connectivity index (χ0) is 19.2. The molecule has 1 heterocycles. The van der Waals surface area contributed by atoms with Gasteiger partial charge in [0.25, 0.3) is 10.8 Å². The second-order valence-electron chi connectivity index (χ2n) is 4.66. The van der Waals surface area contributed by atoms with Gasteiger partial charge in [0.2, 0.25) is 10.4 Å². The van der Waals surface area contributed by atoms with Crippen LogP contribution >= 0.6 is 11.3 Å². The van der Waals surface area contributed by atoms with Crippen molar-refractivity contribution in [2.24, 2.45) is 10.2 Å². The SMILES string of the molecule is CCN(CCOS(=O)(=O)[O-])c1ccc(N=Nc2nncs2)c([N+](=O)[O-])c1. The normalized spacial score (nSPS) is 11.8. The first-order valence-corrected chi connectivity index (χ1v) is 9.33. The molecule has 0 aliphatic carbocycles. The maximum atomic E-state index is 11.3. The maximum Gasteiger partial charge on any atom is 0.298 e. The average molecular weight is 401 g/mol. The molecule has 0 radical (unpaired) electrons. The van der Waals surface area contributed by atoms with Crippen LogP contribution in [0, 0.1) is 10.1 Å². The lowest BCUT2D eigenvalue weighted by Crippen LogP contribution is -2.28. The van der Waals surface area contributed by atoms with E-state index in [1.54, 1.807) is 17.9 Å². The summed E-state index contributed by atoms with van der Waals surface area (Å²) in [5, 5.41) is 26.4. The molecule has 0 saturated heterocycles. The molecule has 12 nitrogen and oxygen atoms in total. The third kappa shape index (κ3) is 5.76. The van der Waals surface area contributed by atoms with Gasteiger partial charge < -0.3 is 9.45 Å². The molecule has 1 aromatic carbocycles. The summed E-state index contributed by atoms with van der Waals surface area (Å²) in [5.41, 5.74) is 1.64. The van der Waals surface area contributed by atoms with E-state index in [1.807, 2.05) is 0 Å². The summed E-state index contributed by atoms with van der Waals surface area (Å²) in [6.45, 7) is 1.86. The maximum absolute atomic E-state index is 11.3. The van der Waals surface area contributed by atoms with E-state index in [0.717, 1.165) is 11.3 Å². The Morgan fingerprint density at radius 3 is 2.73 bits per heavy atom. The highest BCUT2D eigenvalue weighted by Crippen LogP contribution is 2.33. The number of nitro groups is 1. The molecule has 0 atom stereocenters. The summed E-state index contributed by atoms with van der Waals surface area (Å²) in [4.78, 5) is 12.3. The zero-order valence-electron chi connectivity index (χ0n) is 13.4. The molecule has 0 N–H and O–H groups in total. The van der Waals surface area contributed by atoms with Crippen LogP contribution in [0.15, 0.2) is 33.9 Å². The molecule has 0 amide bonds. The Morgan fingerprint density at radius 2 is 2.15 bits per heavy atom. The number of nitrogens with zero attached hydrogens (tertiary/aromatic N) is 6. The molecule has 0 bridgehead atoms. The molecule has 26 heavy (non-hydrogen) atoms. The van der Waals surface area contributed by atoms with Gasteiger partial charge in [0.15, 0.2) is 5.69 Å². The van der Waals surface area contributed by atoms with E-state index in [-0.39, 0.29) is 29.7 Å². The minimum absolute atomic E-state index is 0.0309. The summed E-state index contributed by atoms with van der Waals surface area (Å²) < 4.78 is 35.6. The van der Waals surface area contributed by atoms with Gasteiger partial charge in [-0.1, -0.05) is 11.3 Å². The highest BCUT2D eigenvalue weighted by Gasteiger charge is 2.17. The third-order valence-corrected chi connectivity index (χ3v) is 4.11. The Balaban J connectivity index is 2.21. The topological polar surface area (TPSA) is 163 Å². The van der Waals surface area contributed by atoms with Crippen molar-refractivity contribution in [1.82, 2.24) is 10.2 Å². The molecule has 0 fully saturated rings. The van der Waals surface area contributed by atoms with Crippen LogP contribution in [-0.4, -0.2) is 47.8 Å². The molecule has 0 aliphatic rings. The van der Waals surface area contributed by atoms with E-state index in [9.17, 15) is 23.1 Å². The second kappa shape index (κ2) is 8.70. The van der Waals surface area contributed by atoms with E-state index in [2.05, 4.69) is 24.6 Å². The highest BCUT2D eigenvalue weighted by atomic mass is 32.3. The molecule has 0 unspecified atom stereocenters. The van der Waals surface area contributed by atoms with Crippen LogP contribution in [0.2, 0.25) is 0 Å². The molecule has 2 rings (SSSR count). The number of benzene rings is 1. The molecule has 2 aromatic rings. The molecular formula is C12H13N6O6S2-. The van der Waals surface area contributed by atoms with Crippen molar-refractivity contribution in [2.75, 3.05) is 24.6 Å². The molecule has 14 heteroatoms. The van der Waals surface area contributed by atoms with Gasteiger partial charge in [-0.05, 0) is 19.1 Å². The smallest absolute Gasteiger partial charge is 0.298 e. The first kappa shape index (κ1) is 19.8. The molecule has 0 aliphatic heterocycles. The van der Waals surface area contributed by atoms with E-state index in [0.29, 0.717) is 12.2 Å². The fraction of sp³-hybridized carbons (Fsp3) is 0.333. The lowest BCUT2D eigenvalue weighted by atomic mass is 10.2.